The van der Waals surface area contributed by atoms with Gasteiger partial charge in [-0.1, -0.05) is 29.8 Å². The normalized spacial score (nSPS) is 11.2. The van der Waals surface area contributed by atoms with Gasteiger partial charge in [-0.15, -0.1) is 0 Å². The van der Waals surface area contributed by atoms with E-state index in [1.54, 1.807) is 32.0 Å². The molecule has 29 heavy (non-hydrogen) atoms. The van der Waals surface area contributed by atoms with Gasteiger partial charge in [0.2, 0.25) is 0 Å². The van der Waals surface area contributed by atoms with Crippen molar-refractivity contribution in [3.05, 3.63) is 88.2 Å². The van der Waals surface area contributed by atoms with Gasteiger partial charge in [0.05, 0.1) is 10.6 Å². The van der Waals surface area contributed by atoms with Crippen LogP contribution in [0, 0.1) is 19.7 Å². The summed E-state index contributed by atoms with van der Waals surface area (Å²) in [5, 5.41) is 3.30. The van der Waals surface area contributed by atoms with Crippen LogP contribution in [-0.4, -0.2) is 14.3 Å². The van der Waals surface area contributed by atoms with Gasteiger partial charge in [0.1, 0.15) is 5.82 Å². The molecule has 5 nitrogen and oxygen atoms in total. The second-order valence-corrected chi connectivity index (χ2v) is 8.59. The number of aryl methyl sites for hydroxylation is 2. The summed E-state index contributed by atoms with van der Waals surface area (Å²) in [6.45, 7) is 3.50. The first-order valence-electron chi connectivity index (χ1n) is 8.63. The van der Waals surface area contributed by atoms with E-state index >= 15 is 0 Å². The Morgan fingerprint density at radius 2 is 1.66 bits per heavy atom. The van der Waals surface area contributed by atoms with Crippen molar-refractivity contribution < 1.29 is 17.6 Å². The van der Waals surface area contributed by atoms with Crippen molar-refractivity contribution in [2.75, 3.05) is 10.0 Å². The van der Waals surface area contributed by atoms with Gasteiger partial charge in [0, 0.05) is 16.3 Å². The predicted molar refractivity (Wildman–Crippen MR) is 113 cm³/mol. The highest BCUT2D eigenvalue weighted by Gasteiger charge is 2.20. The molecule has 0 atom stereocenters. The molecule has 150 valence electrons. The first-order chi connectivity index (χ1) is 13.7. The van der Waals surface area contributed by atoms with Crippen LogP contribution >= 0.6 is 11.6 Å². The zero-order valence-corrected chi connectivity index (χ0v) is 17.2. The number of benzene rings is 3. The molecular weight excluding hydrogens is 415 g/mol. The molecule has 0 aliphatic carbocycles. The molecule has 0 fully saturated rings. The van der Waals surface area contributed by atoms with Gasteiger partial charge in [-0.2, -0.15) is 0 Å². The highest BCUT2D eigenvalue weighted by Crippen LogP contribution is 2.23. The molecule has 0 spiro atoms. The maximum atomic E-state index is 13.8. The third kappa shape index (κ3) is 4.75. The minimum atomic E-state index is -4.08. The second kappa shape index (κ2) is 8.23. The second-order valence-electron chi connectivity index (χ2n) is 6.48. The summed E-state index contributed by atoms with van der Waals surface area (Å²) in [5.41, 5.74) is 1.95. The van der Waals surface area contributed by atoms with E-state index in [2.05, 4.69) is 10.0 Å². The van der Waals surface area contributed by atoms with Crippen molar-refractivity contribution in [3.63, 3.8) is 0 Å². The first-order valence-corrected chi connectivity index (χ1v) is 10.5. The average Bonchev–Trinajstić information content (AvgIpc) is 2.66. The van der Waals surface area contributed by atoms with Crippen LogP contribution in [0.4, 0.5) is 15.8 Å². The van der Waals surface area contributed by atoms with Crippen LogP contribution in [-0.2, 0) is 10.0 Å². The SMILES string of the molecule is Cc1cc(Cl)ccc1NC(=O)c1cc(S(=O)(=O)Nc2ccccc2F)ccc1C. The average molecular weight is 433 g/mol. The van der Waals surface area contributed by atoms with Gasteiger partial charge in [-0.25, -0.2) is 12.8 Å². The number of sulfonamides is 1. The molecule has 0 aliphatic rings. The molecule has 3 aromatic rings. The lowest BCUT2D eigenvalue weighted by molar-refractivity contribution is 0.102. The lowest BCUT2D eigenvalue weighted by Gasteiger charge is -2.13. The Morgan fingerprint density at radius 3 is 2.34 bits per heavy atom. The van der Waals surface area contributed by atoms with Crippen LogP contribution in [0.3, 0.4) is 0 Å². The van der Waals surface area contributed by atoms with E-state index in [1.165, 1.54) is 36.4 Å². The number of halogens is 2. The smallest absolute Gasteiger partial charge is 0.262 e. The van der Waals surface area contributed by atoms with Crippen molar-refractivity contribution in [2.24, 2.45) is 0 Å². The minimum Gasteiger partial charge on any atom is -0.322 e. The van der Waals surface area contributed by atoms with E-state index in [4.69, 9.17) is 11.6 Å². The van der Waals surface area contributed by atoms with Gasteiger partial charge in [-0.05, 0) is 67.4 Å². The molecule has 0 bridgehead atoms. The summed E-state index contributed by atoms with van der Waals surface area (Å²) >= 11 is 5.93. The Labute approximate surface area is 173 Å². The van der Waals surface area contributed by atoms with Gasteiger partial charge in [-0.3, -0.25) is 9.52 Å². The van der Waals surface area contributed by atoms with Crippen LogP contribution < -0.4 is 10.0 Å². The third-order valence-electron chi connectivity index (χ3n) is 4.32. The Balaban J connectivity index is 1.91. The monoisotopic (exact) mass is 432 g/mol. The van der Waals surface area contributed by atoms with Crippen LogP contribution in [0.1, 0.15) is 21.5 Å². The highest BCUT2D eigenvalue weighted by molar-refractivity contribution is 7.92. The van der Waals surface area contributed by atoms with Gasteiger partial charge in [0.25, 0.3) is 15.9 Å². The molecule has 3 rings (SSSR count). The summed E-state index contributed by atoms with van der Waals surface area (Å²) < 4.78 is 41.4. The fourth-order valence-electron chi connectivity index (χ4n) is 2.72. The van der Waals surface area contributed by atoms with E-state index in [1.807, 2.05) is 0 Å². The van der Waals surface area contributed by atoms with Gasteiger partial charge in [0.15, 0.2) is 0 Å². The largest absolute Gasteiger partial charge is 0.322 e. The lowest BCUT2D eigenvalue weighted by Crippen LogP contribution is -2.17. The Kier molecular flexibility index (Phi) is 5.91. The fraction of sp³-hybridized carbons (Fsp3) is 0.0952. The Morgan fingerprint density at radius 1 is 0.931 bits per heavy atom. The highest BCUT2D eigenvalue weighted by atomic mass is 35.5. The number of hydrogen-bond acceptors (Lipinski definition) is 3. The van der Waals surface area contributed by atoms with Crippen LogP contribution in [0.15, 0.2) is 65.6 Å². The van der Waals surface area contributed by atoms with E-state index < -0.39 is 21.7 Å². The first kappa shape index (κ1) is 20.8. The number of amides is 1. The lowest BCUT2D eigenvalue weighted by atomic mass is 10.1. The molecular formula is C21H18ClFN2O3S. The van der Waals surface area contributed by atoms with Gasteiger partial charge < -0.3 is 5.32 Å². The summed E-state index contributed by atoms with van der Waals surface area (Å²) in [4.78, 5) is 12.6. The Hall–Kier alpha value is -2.90. The molecule has 0 unspecified atom stereocenters. The molecule has 0 aliphatic heterocycles. The number of hydrogen-bond donors (Lipinski definition) is 2. The fourth-order valence-corrected chi connectivity index (χ4v) is 4.04. The molecule has 0 saturated heterocycles. The maximum absolute atomic E-state index is 13.8. The Bertz CT molecular complexity index is 1200. The molecule has 0 saturated carbocycles. The summed E-state index contributed by atoms with van der Waals surface area (Å²) in [5.74, 6) is -1.16. The van der Waals surface area contributed by atoms with Crippen LogP contribution in [0.2, 0.25) is 5.02 Å². The maximum Gasteiger partial charge on any atom is 0.262 e. The summed E-state index contributed by atoms with van der Waals surface area (Å²) in [6, 6.07) is 14.6. The zero-order chi connectivity index (χ0) is 21.2. The molecule has 8 heteroatoms. The van der Waals surface area contributed by atoms with Crippen molar-refractivity contribution >= 4 is 38.9 Å². The quantitative estimate of drug-likeness (QED) is 0.585. The van der Waals surface area contributed by atoms with E-state index in [-0.39, 0.29) is 16.1 Å². The van der Waals surface area contributed by atoms with Crippen LogP contribution in [0.5, 0.6) is 0 Å². The van der Waals surface area contributed by atoms with Crippen LogP contribution in [0.25, 0.3) is 0 Å². The van der Waals surface area contributed by atoms with E-state index in [9.17, 15) is 17.6 Å². The number of carbonyl (C=O) groups is 1. The van der Waals surface area contributed by atoms with Gasteiger partial charge >= 0.3 is 0 Å². The summed E-state index contributed by atoms with van der Waals surface area (Å²) in [6.07, 6.45) is 0. The van der Waals surface area contributed by atoms with E-state index in [0.717, 1.165) is 11.6 Å². The molecule has 2 N–H and O–H groups in total. The molecule has 3 aromatic carbocycles. The van der Waals surface area contributed by atoms with E-state index in [0.29, 0.717) is 16.3 Å². The van der Waals surface area contributed by atoms with Crippen molar-refractivity contribution in [1.82, 2.24) is 0 Å². The molecule has 0 radical (unpaired) electrons. The van der Waals surface area contributed by atoms with Crippen molar-refractivity contribution in [3.8, 4) is 0 Å². The van der Waals surface area contributed by atoms with Crippen molar-refractivity contribution in [2.45, 2.75) is 18.7 Å². The number of rotatable bonds is 5. The minimum absolute atomic E-state index is 0.149. The number of anilines is 2. The molecule has 0 heterocycles. The molecule has 0 aromatic heterocycles. The topological polar surface area (TPSA) is 75.3 Å². The molecule has 1 amide bonds. The standard InChI is InChI=1S/C21H18ClFN2O3S/c1-13-7-9-16(29(27,28)25-20-6-4-3-5-18(20)23)12-17(13)21(26)24-19-10-8-15(22)11-14(19)2/h3-12,25H,1-2H3,(H,24,26). The zero-order valence-electron chi connectivity index (χ0n) is 15.7. The number of nitrogens with one attached hydrogen (secondary N) is 2. The third-order valence-corrected chi connectivity index (χ3v) is 5.92. The predicted octanol–water partition coefficient (Wildman–Crippen LogP) is 5.15. The van der Waals surface area contributed by atoms with Crippen molar-refractivity contribution in [1.29, 1.82) is 0 Å². The number of para-hydroxylation sites is 1. The summed E-state index contributed by atoms with van der Waals surface area (Å²) in [7, 11) is -4.08. The number of carbonyl (C=O) groups excluding carboxylic acids is 1.